The lowest BCUT2D eigenvalue weighted by Crippen LogP contribution is -2.46. The summed E-state index contributed by atoms with van der Waals surface area (Å²) in [4.78, 5) is 13.8. The lowest BCUT2D eigenvalue weighted by Gasteiger charge is -2.30. The van der Waals surface area contributed by atoms with E-state index in [4.69, 9.17) is 0 Å². The van der Waals surface area contributed by atoms with Gasteiger partial charge in [0.1, 0.15) is 0 Å². The number of urea groups is 1. The van der Waals surface area contributed by atoms with E-state index in [0.29, 0.717) is 19.1 Å². The number of likely N-dealkylation sites (tertiary alicyclic amines) is 1. The average molecular weight is 291 g/mol. The van der Waals surface area contributed by atoms with E-state index in [9.17, 15) is 9.90 Å². The lowest BCUT2D eigenvalue weighted by molar-refractivity contribution is 0.0842. The largest absolute Gasteiger partial charge is 0.391 e. The fraction of sp³-hybridized carbons (Fsp3) is 0.562. The molecule has 0 spiro atoms. The molecule has 2 rings (SSSR count). The third kappa shape index (κ3) is 4.93. The van der Waals surface area contributed by atoms with E-state index in [0.717, 1.165) is 30.6 Å². The first-order valence-corrected chi connectivity index (χ1v) is 7.61. The van der Waals surface area contributed by atoms with Gasteiger partial charge in [-0.15, -0.1) is 0 Å². The number of hydrogen-bond acceptors (Lipinski definition) is 3. The van der Waals surface area contributed by atoms with Gasteiger partial charge in [-0.05, 0) is 44.4 Å². The zero-order chi connectivity index (χ0) is 15.2. The van der Waals surface area contributed by atoms with Gasteiger partial charge in [0.05, 0.1) is 6.10 Å². The molecule has 1 atom stereocenters. The van der Waals surface area contributed by atoms with Crippen LogP contribution in [0.15, 0.2) is 24.3 Å². The van der Waals surface area contributed by atoms with Gasteiger partial charge in [-0.25, -0.2) is 4.79 Å². The number of aliphatic hydroxyl groups excluding tert-OH is 1. The van der Waals surface area contributed by atoms with E-state index in [2.05, 4.69) is 24.5 Å². The van der Waals surface area contributed by atoms with Crippen LogP contribution in [0.3, 0.4) is 0 Å². The van der Waals surface area contributed by atoms with Gasteiger partial charge in [0, 0.05) is 31.4 Å². The Bertz CT molecular complexity index is 476. The van der Waals surface area contributed by atoms with Gasteiger partial charge < -0.3 is 20.6 Å². The first-order valence-electron chi connectivity index (χ1n) is 7.61. The molecule has 3 N–H and O–H groups in total. The summed E-state index contributed by atoms with van der Waals surface area (Å²) in [7, 11) is 0. The molecule has 1 fully saturated rings. The second-order valence-corrected chi connectivity index (χ2v) is 5.90. The Morgan fingerprint density at radius 3 is 3.00 bits per heavy atom. The van der Waals surface area contributed by atoms with Crippen LogP contribution in [-0.4, -0.2) is 41.3 Å². The first-order chi connectivity index (χ1) is 10.0. The van der Waals surface area contributed by atoms with Gasteiger partial charge in [0.2, 0.25) is 0 Å². The van der Waals surface area contributed by atoms with Gasteiger partial charge >= 0.3 is 6.03 Å². The Morgan fingerprint density at radius 2 is 2.29 bits per heavy atom. The quantitative estimate of drug-likeness (QED) is 0.796. The molecule has 0 aliphatic carbocycles. The minimum absolute atomic E-state index is 0.101. The highest BCUT2D eigenvalue weighted by atomic mass is 16.3. The highest BCUT2D eigenvalue weighted by Crippen LogP contribution is 2.13. The third-order valence-electron chi connectivity index (χ3n) is 3.51. The number of nitrogens with zero attached hydrogens (tertiary/aromatic N) is 1. The first kappa shape index (κ1) is 15.6. The third-order valence-corrected chi connectivity index (χ3v) is 3.51. The average Bonchev–Trinajstić information content (AvgIpc) is 2.44. The molecule has 0 radical (unpaired) electrons. The van der Waals surface area contributed by atoms with Crippen LogP contribution in [0.4, 0.5) is 10.5 Å². The standard InChI is InChI=1S/C16H25N3O2/c1-12(2)18-14-6-3-5-13(9-14)10-17-16(21)19-8-4-7-15(20)11-19/h3,5-6,9,12,15,18,20H,4,7-8,10-11H2,1-2H3,(H,17,21). The summed E-state index contributed by atoms with van der Waals surface area (Å²) in [5.74, 6) is 0. The van der Waals surface area contributed by atoms with Crippen molar-refractivity contribution < 1.29 is 9.90 Å². The predicted molar refractivity (Wildman–Crippen MR) is 84.3 cm³/mol. The highest BCUT2D eigenvalue weighted by Gasteiger charge is 2.21. The molecule has 1 unspecified atom stereocenters. The van der Waals surface area contributed by atoms with Crippen LogP contribution in [0.5, 0.6) is 0 Å². The maximum Gasteiger partial charge on any atom is 0.317 e. The molecule has 1 aromatic carbocycles. The molecule has 1 aliphatic rings. The summed E-state index contributed by atoms with van der Waals surface area (Å²) >= 11 is 0. The van der Waals surface area contributed by atoms with Crippen molar-refractivity contribution in [3.63, 3.8) is 0 Å². The number of rotatable bonds is 4. The van der Waals surface area contributed by atoms with Crippen molar-refractivity contribution in [1.82, 2.24) is 10.2 Å². The molecule has 5 nitrogen and oxygen atoms in total. The number of aliphatic hydroxyl groups is 1. The zero-order valence-electron chi connectivity index (χ0n) is 12.8. The molecular weight excluding hydrogens is 266 g/mol. The van der Waals surface area contributed by atoms with E-state index in [1.807, 2.05) is 24.3 Å². The molecule has 1 aliphatic heterocycles. The van der Waals surface area contributed by atoms with Gasteiger partial charge in [0.25, 0.3) is 0 Å². The van der Waals surface area contributed by atoms with Crippen molar-refractivity contribution in [3.8, 4) is 0 Å². The van der Waals surface area contributed by atoms with Gasteiger partial charge in [0.15, 0.2) is 0 Å². The van der Waals surface area contributed by atoms with E-state index in [-0.39, 0.29) is 12.1 Å². The SMILES string of the molecule is CC(C)Nc1cccc(CNC(=O)N2CCCC(O)C2)c1. The topological polar surface area (TPSA) is 64.6 Å². The fourth-order valence-electron chi connectivity index (χ4n) is 2.53. The number of hydrogen-bond donors (Lipinski definition) is 3. The van der Waals surface area contributed by atoms with Crippen molar-refractivity contribution in [2.24, 2.45) is 0 Å². The van der Waals surface area contributed by atoms with Crippen LogP contribution in [-0.2, 0) is 6.54 Å². The van der Waals surface area contributed by atoms with E-state index < -0.39 is 0 Å². The molecule has 0 aromatic heterocycles. The lowest BCUT2D eigenvalue weighted by atomic mass is 10.1. The summed E-state index contributed by atoms with van der Waals surface area (Å²) in [6.07, 6.45) is 1.26. The normalized spacial score (nSPS) is 18.7. The molecule has 2 amide bonds. The number of nitrogens with one attached hydrogen (secondary N) is 2. The zero-order valence-corrected chi connectivity index (χ0v) is 12.8. The number of amides is 2. The fourth-order valence-corrected chi connectivity index (χ4v) is 2.53. The van der Waals surface area contributed by atoms with Crippen LogP contribution < -0.4 is 10.6 Å². The van der Waals surface area contributed by atoms with Crippen LogP contribution in [0.25, 0.3) is 0 Å². The maximum absolute atomic E-state index is 12.1. The maximum atomic E-state index is 12.1. The van der Waals surface area contributed by atoms with E-state index in [1.54, 1.807) is 4.90 Å². The summed E-state index contributed by atoms with van der Waals surface area (Å²) in [6.45, 7) is 5.84. The van der Waals surface area contributed by atoms with Gasteiger partial charge in [-0.2, -0.15) is 0 Å². The van der Waals surface area contributed by atoms with Gasteiger partial charge in [-0.3, -0.25) is 0 Å². The number of piperidine rings is 1. The number of carbonyl (C=O) groups is 1. The second kappa shape index (κ2) is 7.31. The summed E-state index contributed by atoms with van der Waals surface area (Å²) in [6, 6.07) is 8.33. The van der Waals surface area contributed by atoms with Crippen molar-refractivity contribution in [3.05, 3.63) is 29.8 Å². The van der Waals surface area contributed by atoms with Gasteiger partial charge in [-0.1, -0.05) is 12.1 Å². The monoisotopic (exact) mass is 291 g/mol. The highest BCUT2D eigenvalue weighted by molar-refractivity contribution is 5.74. The smallest absolute Gasteiger partial charge is 0.317 e. The molecule has 1 saturated heterocycles. The summed E-state index contributed by atoms with van der Waals surface area (Å²) in [5, 5.41) is 15.9. The van der Waals surface area contributed by atoms with E-state index >= 15 is 0 Å². The molecule has 0 bridgehead atoms. The Hall–Kier alpha value is -1.75. The second-order valence-electron chi connectivity index (χ2n) is 5.90. The van der Waals surface area contributed by atoms with Crippen molar-refractivity contribution in [2.45, 2.75) is 45.4 Å². The number of carbonyl (C=O) groups excluding carboxylic acids is 1. The van der Waals surface area contributed by atoms with Crippen LogP contribution in [0, 0.1) is 0 Å². The number of β-amino-alcohol motifs (C(OH)–C–C–N with tert-alkyl or cyclic N) is 1. The molecule has 21 heavy (non-hydrogen) atoms. The number of anilines is 1. The molecule has 1 heterocycles. The number of benzene rings is 1. The molecule has 1 aromatic rings. The Balaban J connectivity index is 1.86. The minimum Gasteiger partial charge on any atom is -0.391 e. The van der Waals surface area contributed by atoms with Crippen molar-refractivity contribution in [1.29, 1.82) is 0 Å². The molecule has 0 saturated carbocycles. The summed E-state index contributed by atoms with van der Waals surface area (Å²) < 4.78 is 0. The van der Waals surface area contributed by atoms with Crippen molar-refractivity contribution in [2.75, 3.05) is 18.4 Å². The Morgan fingerprint density at radius 1 is 1.48 bits per heavy atom. The van der Waals surface area contributed by atoms with Crippen LogP contribution in [0.2, 0.25) is 0 Å². The van der Waals surface area contributed by atoms with Crippen LogP contribution >= 0.6 is 0 Å². The minimum atomic E-state index is -0.386. The predicted octanol–water partition coefficient (Wildman–Crippen LogP) is 2.17. The van der Waals surface area contributed by atoms with E-state index in [1.165, 1.54) is 0 Å². The Labute approximate surface area is 126 Å². The summed E-state index contributed by atoms with van der Waals surface area (Å²) in [5.41, 5.74) is 2.12. The molecular formula is C16H25N3O2. The molecule has 5 heteroatoms. The molecule has 116 valence electrons. The Kier molecular flexibility index (Phi) is 5.44. The van der Waals surface area contributed by atoms with Crippen LogP contribution in [0.1, 0.15) is 32.3 Å². The van der Waals surface area contributed by atoms with Crippen molar-refractivity contribution >= 4 is 11.7 Å².